The van der Waals surface area contributed by atoms with Gasteiger partial charge in [-0.05, 0) is 36.8 Å². The van der Waals surface area contributed by atoms with E-state index in [4.69, 9.17) is 4.74 Å². The summed E-state index contributed by atoms with van der Waals surface area (Å²) in [6.07, 6.45) is 0.979. The maximum atomic E-state index is 11.2. The fourth-order valence-corrected chi connectivity index (χ4v) is 2.56. The molecule has 4 heteroatoms. The number of thioether (sulfide) groups is 1. The Morgan fingerprint density at radius 2 is 2.21 bits per heavy atom. The van der Waals surface area contributed by atoms with E-state index < -0.39 is 0 Å². The van der Waals surface area contributed by atoms with E-state index in [2.05, 4.69) is 17.7 Å². The molecule has 0 amide bonds. The minimum atomic E-state index is -0.136. The summed E-state index contributed by atoms with van der Waals surface area (Å²) in [4.78, 5) is 11.2. The van der Waals surface area contributed by atoms with Crippen LogP contribution >= 0.6 is 11.8 Å². The fourth-order valence-electron chi connectivity index (χ4n) is 1.59. The van der Waals surface area contributed by atoms with Gasteiger partial charge in [-0.15, -0.1) is 0 Å². The molecule has 0 bridgehead atoms. The number of hydrogen-bond acceptors (Lipinski definition) is 4. The number of benzene rings is 1. The van der Waals surface area contributed by atoms with Crippen LogP contribution in [0.5, 0.6) is 5.75 Å². The van der Waals surface area contributed by atoms with Gasteiger partial charge in [0, 0.05) is 5.75 Å². The first-order valence-electron chi connectivity index (χ1n) is 6.48. The van der Waals surface area contributed by atoms with Gasteiger partial charge < -0.3 is 9.47 Å². The Balaban J connectivity index is 2.07. The zero-order valence-electron chi connectivity index (χ0n) is 11.8. The van der Waals surface area contributed by atoms with Crippen molar-refractivity contribution in [3.8, 4) is 5.75 Å². The van der Waals surface area contributed by atoms with Crippen LogP contribution in [0.2, 0.25) is 0 Å². The molecule has 106 valence electrons. The Hall–Kier alpha value is -1.16. The maximum absolute atomic E-state index is 11.2. The predicted octanol–water partition coefficient (Wildman–Crippen LogP) is 3.31. The maximum Gasteiger partial charge on any atom is 0.309 e. The lowest BCUT2D eigenvalue weighted by Gasteiger charge is -2.09. The zero-order valence-corrected chi connectivity index (χ0v) is 12.7. The molecule has 0 aliphatic heterocycles. The van der Waals surface area contributed by atoms with Crippen LogP contribution in [0.25, 0.3) is 0 Å². The highest BCUT2D eigenvalue weighted by atomic mass is 32.2. The van der Waals surface area contributed by atoms with Crippen LogP contribution in [0.15, 0.2) is 24.3 Å². The van der Waals surface area contributed by atoms with Gasteiger partial charge in [0.05, 0.1) is 19.6 Å². The second-order valence-corrected chi connectivity index (χ2v) is 5.67. The number of carbonyl (C=O) groups is 1. The molecule has 0 saturated carbocycles. The molecule has 1 atom stereocenters. The van der Waals surface area contributed by atoms with Gasteiger partial charge in [-0.25, -0.2) is 0 Å². The molecular weight excluding hydrogens is 260 g/mol. The first-order chi connectivity index (χ1) is 9.13. The van der Waals surface area contributed by atoms with Gasteiger partial charge in [0.1, 0.15) is 5.75 Å². The summed E-state index contributed by atoms with van der Waals surface area (Å²) in [5, 5.41) is 0. The summed E-state index contributed by atoms with van der Waals surface area (Å²) in [5.41, 5.74) is 1.21. The molecule has 19 heavy (non-hydrogen) atoms. The van der Waals surface area contributed by atoms with Gasteiger partial charge in [0.2, 0.25) is 0 Å². The highest BCUT2D eigenvalue weighted by Gasteiger charge is 2.12. The van der Waals surface area contributed by atoms with Crippen molar-refractivity contribution in [2.24, 2.45) is 5.92 Å². The summed E-state index contributed by atoms with van der Waals surface area (Å²) in [5.74, 6) is 2.55. The number of hydrogen-bond donors (Lipinski definition) is 0. The van der Waals surface area contributed by atoms with Crippen LogP contribution < -0.4 is 4.74 Å². The molecule has 1 aromatic rings. The molecule has 0 aromatic heterocycles. The lowest BCUT2D eigenvalue weighted by molar-refractivity contribution is -0.143. The van der Waals surface area contributed by atoms with E-state index in [1.165, 1.54) is 12.7 Å². The Kier molecular flexibility index (Phi) is 7.41. The third-order valence-electron chi connectivity index (χ3n) is 2.66. The lowest BCUT2D eigenvalue weighted by Crippen LogP contribution is -2.15. The minimum absolute atomic E-state index is 0.0345. The highest BCUT2D eigenvalue weighted by Crippen LogP contribution is 2.14. The van der Waals surface area contributed by atoms with Gasteiger partial charge in [-0.1, -0.05) is 19.1 Å². The summed E-state index contributed by atoms with van der Waals surface area (Å²) in [7, 11) is 1.43. The molecule has 0 radical (unpaired) electrons. The molecule has 0 spiro atoms. The standard InChI is InChI=1S/C15H22O3S/c1-12-6-4-7-14(10-12)18-8-5-9-19-11-13(2)15(16)17-3/h4,6-7,10,13H,5,8-9,11H2,1-3H3. The predicted molar refractivity (Wildman–Crippen MR) is 79.8 cm³/mol. The van der Waals surface area contributed by atoms with Crippen LogP contribution in [0.1, 0.15) is 18.9 Å². The van der Waals surface area contributed by atoms with E-state index in [0.717, 1.165) is 23.7 Å². The van der Waals surface area contributed by atoms with E-state index in [0.29, 0.717) is 6.61 Å². The fraction of sp³-hybridized carbons (Fsp3) is 0.533. The van der Waals surface area contributed by atoms with Crippen LogP contribution in [0.4, 0.5) is 0 Å². The molecule has 1 unspecified atom stereocenters. The van der Waals surface area contributed by atoms with Crippen LogP contribution in [-0.4, -0.2) is 31.2 Å². The Morgan fingerprint density at radius 1 is 1.42 bits per heavy atom. The summed E-state index contributed by atoms with van der Waals surface area (Å²) >= 11 is 1.76. The molecule has 1 aromatic carbocycles. The van der Waals surface area contributed by atoms with Crippen LogP contribution in [0, 0.1) is 12.8 Å². The van der Waals surface area contributed by atoms with Crippen molar-refractivity contribution >= 4 is 17.7 Å². The van der Waals surface area contributed by atoms with Crippen molar-refractivity contribution in [3.05, 3.63) is 29.8 Å². The second-order valence-electron chi connectivity index (χ2n) is 4.52. The first kappa shape index (κ1) is 15.9. The van der Waals surface area contributed by atoms with Crippen molar-refractivity contribution in [3.63, 3.8) is 0 Å². The first-order valence-corrected chi connectivity index (χ1v) is 7.64. The average Bonchev–Trinajstić information content (AvgIpc) is 2.41. The Morgan fingerprint density at radius 3 is 2.89 bits per heavy atom. The summed E-state index contributed by atoms with van der Waals surface area (Å²) in [6, 6.07) is 8.06. The number of aryl methyl sites for hydroxylation is 1. The number of rotatable bonds is 8. The van der Waals surface area contributed by atoms with Crippen LogP contribution in [0.3, 0.4) is 0 Å². The highest BCUT2D eigenvalue weighted by molar-refractivity contribution is 7.99. The summed E-state index contributed by atoms with van der Waals surface area (Å²) < 4.78 is 10.3. The van der Waals surface area contributed by atoms with Gasteiger partial charge in [-0.3, -0.25) is 4.79 Å². The Bertz CT molecular complexity index is 393. The largest absolute Gasteiger partial charge is 0.494 e. The van der Waals surface area contributed by atoms with E-state index in [1.807, 2.05) is 25.1 Å². The van der Waals surface area contributed by atoms with Gasteiger partial charge in [0.25, 0.3) is 0 Å². The van der Waals surface area contributed by atoms with Crippen molar-refractivity contribution in [2.75, 3.05) is 25.2 Å². The number of methoxy groups -OCH3 is 1. The third-order valence-corrected chi connectivity index (χ3v) is 3.98. The molecule has 0 N–H and O–H groups in total. The number of ether oxygens (including phenoxy) is 2. The lowest BCUT2D eigenvalue weighted by atomic mass is 10.2. The number of esters is 1. The Labute approximate surface area is 119 Å². The minimum Gasteiger partial charge on any atom is -0.494 e. The van der Waals surface area contributed by atoms with Gasteiger partial charge >= 0.3 is 5.97 Å². The molecule has 3 nitrogen and oxygen atoms in total. The average molecular weight is 282 g/mol. The SMILES string of the molecule is COC(=O)C(C)CSCCCOc1cccc(C)c1. The van der Waals surface area contributed by atoms with Crippen LogP contribution in [-0.2, 0) is 9.53 Å². The summed E-state index contributed by atoms with van der Waals surface area (Å²) in [6.45, 7) is 4.65. The van der Waals surface area contributed by atoms with E-state index in [-0.39, 0.29) is 11.9 Å². The van der Waals surface area contributed by atoms with Crippen molar-refractivity contribution < 1.29 is 14.3 Å². The third kappa shape index (κ3) is 6.53. The van der Waals surface area contributed by atoms with Gasteiger partial charge in [0.15, 0.2) is 0 Å². The quantitative estimate of drug-likeness (QED) is 0.541. The molecule has 0 saturated heterocycles. The van der Waals surface area contributed by atoms with Crippen molar-refractivity contribution in [1.82, 2.24) is 0 Å². The molecule has 1 rings (SSSR count). The molecule has 0 aliphatic rings. The topological polar surface area (TPSA) is 35.5 Å². The van der Waals surface area contributed by atoms with E-state index in [1.54, 1.807) is 11.8 Å². The second kappa shape index (κ2) is 8.86. The smallest absolute Gasteiger partial charge is 0.309 e. The molecule has 0 fully saturated rings. The number of carbonyl (C=O) groups excluding carboxylic acids is 1. The van der Waals surface area contributed by atoms with Crippen molar-refractivity contribution in [1.29, 1.82) is 0 Å². The molecular formula is C15H22O3S. The van der Waals surface area contributed by atoms with E-state index in [9.17, 15) is 4.79 Å². The normalized spacial score (nSPS) is 11.9. The molecule has 0 heterocycles. The zero-order chi connectivity index (χ0) is 14.1. The van der Waals surface area contributed by atoms with Crippen molar-refractivity contribution in [2.45, 2.75) is 20.3 Å². The van der Waals surface area contributed by atoms with Gasteiger partial charge in [-0.2, -0.15) is 11.8 Å². The van der Waals surface area contributed by atoms with E-state index >= 15 is 0 Å². The monoisotopic (exact) mass is 282 g/mol. The molecule has 0 aliphatic carbocycles.